The first-order chi connectivity index (χ1) is 11.2. The second-order valence-corrected chi connectivity index (χ2v) is 7.77. The van der Waals surface area contributed by atoms with Gasteiger partial charge in [0.05, 0.1) is 0 Å². The summed E-state index contributed by atoms with van der Waals surface area (Å²) >= 11 is 0.0162. The van der Waals surface area contributed by atoms with Gasteiger partial charge in [0.1, 0.15) is 0 Å². The Morgan fingerprint density at radius 3 is 2.65 bits per heavy atom. The molecule has 0 atom stereocenters. The number of anilines is 1. The third-order valence-electron chi connectivity index (χ3n) is 3.91. The number of aryl methyl sites for hydroxylation is 1. The summed E-state index contributed by atoms with van der Waals surface area (Å²) in [7, 11) is 0. The molecule has 1 aromatic carbocycles. The number of nitrogens with one attached hydrogen (secondary N) is 1. The molecule has 23 heavy (non-hydrogen) atoms. The molecule has 4 nitrogen and oxygen atoms in total. The van der Waals surface area contributed by atoms with Gasteiger partial charge in [0.25, 0.3) is 0 Å². The van der Waals surface area contributed by atoms with Crippen molar-refractivity contribution in [3.05, 3.63) is 51.5 Å². The van der Waals surface area contributed by atoms with Crippen molar-refractivity contribution in [1.82, 2.24) is 0 Å². The fraction of sp³-hybridized carbons (Fsp3) is 0.333. The predicted octanol–water partition coefficient (Wildman–Crippen LogP) is 3.05. The van der Waals surface area contributed by atoms with E-state index >= 15 is 0 Å². The summed E-state index contributed by atoms with van der Waals surface area (Å²) in [6, 6.07) is 9.08. The molecule has 1 aliphatic rings. The molecule has 5 heteroatoms. The second-order valence-electron chi connectivity index (χ2n) is 5.46. The average Bonchev–Trinajstić information content (AvgIpc) is 2.93. The van der Waals surface area contributed by atoms with Gasteiger partial charge in [0.2, 0.25) is 0 Å². The zero-order valence-electron chi connectivity index (χ0n) is 13.1. The predicted molar refractivity (Wildman–Crippen MR) is 90.4 cm³/mol. The maximum atomic E-state index is 12.4. The van der Waals surface area contributed by atoms with Crippen molar-refractivity contribution >= 4 is 30.9 Å². The normalized spacial score (nSPS) is 13.3. The number of carbonyl (C=O) groups is 2. The molecule has 0 saturated carbocycles. The van der Waals surface area contributed by atoms with Gasteiger partial charge in [-0.3, -0.25) is 0 Å². The van der Waals surface area contributed by atoms with Gasteiger partial charge in [0, 0.05) is 0 Å². The number of esters is 1. The Bertz CT molecular complexity index is 721. The van der Waals surface area contributed by atoms with E-state index < -0.39 is 0 Å². The van der Waals surface area contributed by atoms with Gasteiger partial charge in [-0.15, -0.1) is 0 Å². The van der Waals surface area contributed by atoms with Gasteiger partial charge in [-0.25, -0.2) is 0 Å². The summed E-state index contributed by atoms with van der Waals surface area (Å²) in [5, 5.41) is 2.97. The molecule has 1 aromatic heterocycles. The van der Waals surface area contributed by atoms with Gasteiger partial charge >= 0.3 is 141 Å². The zero-order valence-corrected chi connectivity index (χ0v) is 14.8. The van der Waals surface area contributed by atoms with E-state index in [0.717, 1.165) is 35.8 Å². The molecule has 0 fully saturated rings. The number of hydrogen-bond acceptors (Lipinski definition) is 3. The molecule has 1 aliphatic carbocycles. The molecule has 0 bridgehead atoms. The van der Waals surface area contributed by atoms with E-state index in [1.54, 1.807) is 19.1 Å². The van der Waals surface area contributed by atoms with Crippen LogP contribution in [0.1, 0.15) is 50.5 Å². The number of benzene rings is 1. The maximum absolute atomic E-state index is 12.4. The Hall–Kier alpha value is -1.84. The van der Waals surface area contributed by atoms with Crippen molar-refractivity contribution in [1.29, 1.82) is 0 Å². The molecule has 0 radical (unpaired) electrons. The summed E-state index contributed by atoms with van der Waals surface area (Å²) in [5.74, 6) is -0.464. The fourth-order valence-electron chi connectivity index (χ4n) is 2.84. The van der Waals surface area contributed by atoms with E-state index in [2.05, 4.69) is 5.32 Å². The van der Waals surface area contributed by atoms with Crippen LogP contribution in [0.2, 0.25) is 0 Å². The van der Waals surface area contributed by atoms with E-state index in [0.29, 0.717) is 17.7 Å². The van der Waals surface area contributed by atoms with Crippen molar-refractivity contribution < 1.29 is 14.3 Å². The van der Waals surface area contributed by atoms with Crippen LogP contribution in [-0.4, -0.2) is 33.0 Å². The van der Waals surface area contributed by atoms with Crippen LogP contribution < -0.4 is 5.32 Å². The second kappa shape index (κ2) is 7.16. The van der Waals surface area contributed by atoms with Gasteiger partial charge in [-0.2, -0.15) is 0 Å². The van der Waals surface area contributed by atoms with Crippen molar-refractivity contribution in [3.63, 3.8) is 0 Å². The van der Waals surface area contributed by atoms with Gasteiger partial charge < -0.3 is 0 Å². The van der Waals surface area contributed by atoms with Crippen molar-refractivity contribution in [2.24, 2.45) is 0 Å². The molecule has 1 heterocycles. The third-order valence-corrected chi connectivity index (χ3v) is 6.45. The van der Waals surface area contributed by atoms with E-state index in [4.69, 9.17) is 4.74 Å². The van der Waals surface area contributed by atoms with E-state index in [9.17, 15) is 9.59 Å². The molecule has 0 unspecified atom stereocenters. The SMILES string of the molecule is CCOC(=O)c1c(NC(=O)c2ccccc2)[se]c2c1CCCC2. The van der Waals surface area contributed by atoms with Crippen LogP contribution >= 0.6 is 0 Å². The molecule has 120 valence electrons. The molecular formula is C18H19NO3Se. The van der Waals surface area contributed by atoms with Crippen molar-refractivity contribution in [2.45, 2.75) is 32.6 Å². The number of amides is 1. The Balaban J connectivity index is 1.93. The van der Waals surface area contributed by atoms with Crippen molar-refractivity contribution in [2.75, 3.05) is 11.9 Å². The molecule has 1 amide bonds. The van der Waals surface area contributed by atoms with Gasteiger partial charge in [-0.05, 0) is 0 Å². The first-order valence-electron chi connectivity index (χ1n) is 7.88. The van der Waals surface area contributed by atoms with Crippen LogP contribution in [0.15, 0.2) is 30.3 Å². The molecule has 1 N–H and O–H groups in total. The third kappa shape index (κ3) is 3.41. The van der Waals surface area contributed by atoms with E-state index in [1.165, 1.54) is 4.44 Å². The monoisotopic (exact) mass is 377 g/mol. The summed E-state index contributed by atoms with van der Waals surface area (Å²) in [5.41, 5.74) is 2.34. The van der Waals surface area contributed by atoms with Crippen LogP contribution in [0, 0.1) is 0 Å². The van der Waals surface area contributed by atoms with Crippen LogP contribution in [0.4, 0.5) is 4.56 Å². The van der Waals surface area contributed by atoms with Crippen LogP contribution in [0.25, 0.3) is 0 Å². The summed E-state index contributed by atoms with van der Waals surface area (Å²) in [6.45, 7) is 2.15. The molecular weight excluding hydrogens is 357 g/mol. The standard InChI is InChI=1S/C18H19NO3Se/c1-2-22-18(21)15-13-10-6-7-11-14(13)23-17(15)19-16(20)12-8-4-3-5-9-12/h3-5,8-9H,2,6-7,10-11H2,1H3,(H,19,20). The topological polar surface area (TPSA) is 55.4 Å². The zero-order chi connectivity index (χ0) is 16.2. The minimum absolute atomic E-state index is 0.0162. The van der Waals surface area contributed by atoms with E-state index in [-0.39, 0.29) is 26.4 Å². The van der Waals surface area contributed by atoms with Crippen LogP contribution in [0.3, 0.4) is 0 Å². The fourth-order valence-corrected chi connectivity index (χ4v) is 5.51. The van der Waals surface area contributed by atoms with Crippen LogP contribution in [-0.2, 0) is 17.6 Å². The summed E-state index contributed by atoms with van der Waals surface area (Å²) in [6.07, 6.45) is 4.20. The van der Waals surface area contributed by atoms with Gasteiger partial charge in [0.15, 0.2) is 0 Å². The number of ether oxygens (including phenoxy) is 1. The Morgan fingerprint density at radius 1 is 1.17 bits per heavy atom. The molecule has 0 aliphatic heterocycles. The Morgan fingerprint density at radius 2 is 1.91 bits per heavy atom. The molecule has 0 saturated heterocycles. The Kier molecular flexibility index (Phi) is 4.99. The number of rotatable bonds is 4. The Labute approximate surface area is 141 Å². The quantitative estimate of drug-likeness (QED) is 0.659. The van der Waals surface area contributed by atoms with E-state index in [1.807, 2.05) is 18.2 Å². The van der Waals surface area contributed by atoms with Crippen LogP contribution in [0.5, 0.6) is 0 Å². The first-order valence-corrected chi connectivity index (χ1v) is 9.60. The number of hydrogen-bond donors (Lipinski definition) is 1. The number of fused-ring (bicyclic) bond motifs is 1. The summed E-state index contributed by atoms with van der Waals surface area (Å²) in [4.78, 5) is 24.8. The first kappa shape index (κ1) is 16.0. The van der Waals surface area contributed by atoms with Gasteiger partial charge in [-0.1, -0.05) is 0 Å². The van der Waals surface area contributed by atoms with Crippen molar-refractivity contribution in [3.8, 4) is 0 Å². The summed E-state index contributed by atoms with van der Waals surface area (Å²) < 4.78 is 7.32. The average molecular weight is 376 g/mol. The molecule has 0 spiro atoms. The molecule has 2 aromatic rings. The molecule has 3 rings (SSSR count). The number of carbonyl (C=O) groups excluding carboxylic acids is 2. The minimum atomic E-state index is -0.301.